The average Bonchev–Trinajstić information content (AvgIpc) is 3.20. The van der Waals surface area contributed by atoms with Gasteiger partial charge in [-0.2, -0.15) is 0 Å². The fourth-order valence-corrected chi connectivity index (χ4v) is 3.33. The van der Waals surface area contributed by atoms with Gasteiger partial charge in [0.05, 0.1) is 20.8 Å². The van der Waals surface area contributed by atoms with Crippen LogP contribution < -0.4 is 24.8 Å². The average molecular weight is 511 g/mol. The van der Waals surface area contributed by atoms with E-state index >= 15 is 0 Å². The summed E-state index contributed by atoms with van der Waals surface area (Å²) in [5.74, 6) is 3.53. The zero-order chi connectivity index (χ0) is 19.8. The van der Waals surface area contributed by atoms with Crippen LogP contribution in [0.15, 0.2) is 41.4 Å². The molecule has 0 spiro atoms. The first-order chi connectivity index (χ1) is 13.7. The number of fused-ring (bicyclic) bond motifs is 1. The summed E-state index contributed by atoms with van der Waals surface area (Å²) in [7, 11) is 5.14. The van der Waals surface area contributed by atoms with Gasteiger partial charge in [-0.3, -0.25) is 4.99 Å². The van der Waals surface area contributed by atoms with Crippen molar-refractivity contribution < 1.29 is 14.2 Å². The van der Waals surface area contributed by atoms with Gasteiger partial charge in [0.2, 0.25) is 0 Å². The number of aliphatic imine (C=N–C) groups is 1. The molecule has 0 aliphatic carbocycles. The van der Waals surface area contributed by atoms with Gasteiger partial charge in [-0.05, 0) is 53.8 Å². The molecule has 0 saturated heterocycles. The maximum absolute atomic E-state index is 5.56. The highest BCUT2D eigenvalue weighted by Gasteiger charge is 2.12. The maximum atomic E-state index is 5.56. The van der Waals surface area contributed by atoms with Crippen LogP contribution >= 0.6 is 24.0 Å². The van der Waals surface area contributed by atoms with Crippen molar-refractivity contribution in [1.29, 1.82) is 0 Å². The molecule has 1 heterocycles. The largest absolute Gasteiger partial charge is 0.497 e. The van der Waals surface area contributed by atoms with E-state index in [0.717, 1.165) is 67.7 Å². The van der Waals surface area contributed by atoms with Crippen LogP contribution in [0.25, 0.3) is 0 Å². The van der Waals surface area contributed by atoms with Crippen molar-refractivity contribution >= 4 is 29.9 Å². The summed E-state index contributed by atoms with van der Waals surface area (Å²) in [5.41, 5.74) is 3.73. The Hall–Kier alpha value is -2.16. The third-order valence-electron chi connectivity index (χ3n) is 4.86. The number of halogens is 1. The van der Waals surface area contributed by atoms with E-state index in [2.05, 4.69) is 33.8 Å². The molecule has 29 heavy (non-hydrogen) atoms. The highest BCUT2D eigenvalue weighted by atomic mass is 127. The minimum atomic E-state index is 0. The van der Waals surface area contributed by atoms with E-state index in [9.17, 15) is 0 Å². The third-order valence-corrected chi connectivity index (χ3v) is 4.86. The number of hydrogen-bond acceptors (Lipinski definition) is 4. The Bertz CT molecular complexity index is 827. The lowest BCUT2D eigenvalue weighted by Gasteiger charge is -2.14. The second-order valence-electron chi connectivity index (χ2n) is 6.64. The topological polar surface area (TPSA) is 64.1 Å². The molecule has 0 radical (unpaired) electrons. The number of nitrogens with one attached hydrogen (secondary N) is 2. The molecule has 2 N–H and O–H groups in total. The van der Waals surface area contributed by atoms with Crippen molar-refractivity contribution in [2.45, 2.75) is 19.3 Å². The van der Waals surface area contributed by atoms with Crippen LogP contribution in [0.3, 0.4) is 0 Å². The van der Waals surface area contributed by atoms with Gasteiger partial charge in [-0.1, -0.05) is 12.1 Å². The van der Waals surface area contributed by atoms with Crippen LogP contribution in [0, 0.1) is 0 Å². The first-order valence-corrected chi connectivity index (χ1v) is 9.63. The highest BCUT2D eigenvalue weighted by Crippen LogP contribution is 2.26. The SMILES string of the molecule is CN=C(NCCc1ccc2c(c1)CCO2)NCCc1cc(OC)ccc1OC.I. The summed E-state index contributed by atoms with van der Waals surface area (Å²) < 4.78 is 16.3. The Morgan fingerprint density at radius 2 is 1.83 bits per heavy atom. The normalized spacial score (nSPS) is 12.4. The molecule has 0 unspecified atom stereocenters. The third kappa shape index (κ3) is 6.42. The molecule has 3 rings (SSSR count). The molecule has 1 aliphatic heterocycles. The lowest BCUT2D eigenvalue weighted by atomic mass is 10.1. The maximum Gasteiger partial charge on any atom is 0.190 e. The van der Waals surface area contributed by atoms with E-state index < -0.39 is 0 Å². The predicted molar refractivity (Wildman–Crippen MR) is 127 cm³/mol. The number of rotatable bonds is 8. The molecule has 0 saturated carbocycles. The lowest BCUT2D eigenvalue weighted by molar-refractivity contribution is 0.357. The van der Waals surface area contributed by atoms with E-state index in [1.165, 1.54) is 11.1 Å². The molecule has 7 heteroatoms. The molecular weight excluding hydrogens is 481 g/mol. The van der Waals surface area contributed by atoms with Crippen molar-refractivity contribution in [2.75, 3.05) is 41.0 Å². The summed E-state index contributed by atoms with van der Waals surface area (Å²) in [6.45, 7) is 2.37. The molecule has 1 aliphatic rings. The Morgan fingerprint density at radius 3 is 2.55 bits per heavy atom. The van der Waals surface area contributed by atoms with E-state index in [4.69, 9.17) is 14.2 Å². The van der Waals surface area contributed by atoms with Crippen molar-refractivity contribution in [3.63, 3.8) is 0 Å². The second-order valence-corrected chi connectivity index (χ2v) is 6.64. The van der Waals surface area contributed by atoms with Crippen LogP contribution in [-0.2, 0) is 19.3 Å². The molecule has 2 aromatic carbocycles. The highest BCUT2D eigenvalue weighted by molar-refractivity contribution is 14.0. The molecule has 0 amide bonds. The molecule has 0 aromatic heterocycles. The molecule has 6 nitrogen and oxygen atoms in total. The predicted octanol–water partition coefficient (Wildman–Crippen LogP) is 3.21. The Balaban J connectivity index is 0.00000300. The number of methoxy groups -OCH3 is 2. The van der Waals surface area contributed by atoms with E-state index in [-0.39, 0.29) is 24.0 Å². The van der Waals surface area contributed by atoms with E-state index in [1.54, 1.807) is 21.3 Å². The summed E-state index contributed by atoms with van der Waals surface area (Å²) in [6.07, 6.45) is 2.76. The smallest absolute Gasteiger partial charge is 0.190 e. The quantitative estimate of drug-likeness (QED) is 0.324. The Labute approximate surface area is 190 Å². The summed E-state index contributed by atoms with van der Waals surface area (Å²) in [6, 6.07) is 12.3. The van der Waals surface area contributed by atoms with Crippen molar-refractivity contribution in [3.05, 3.63) is 53.1 Å². The van der Waals surface area contributed by atoms with Gasteiger partial charge in [0.25, 0.3) is 0 Å². The van der Waals surface area contributed by atoms with Crippen molar-refractivity contribution in [3.8, 4) is 17.2 Å². The zero-order valence-corrected chi connectivity index (χ0v) is 19.6. The van der Waals surface area contributed by atoms with Crippen LogP contribution in [-0.4, -0.2) is 46.9 Å². The minimum Gasteiger partial charge on any atom is -0.497 e. The molecule has 158 valence electrons. The van der Waals surface area contributed by atoms with Crippen molar-refractivity contribution in [1.82, 2.24) is 10.6 Å². The van der Waals surface area contributed by atoms with Gasteiger partial charge in [-0.15, -0.1) is 24.0 Å². The fraction of sp³-hybridized carbons (Fsp3) is 0.409. The van der Waals surface area contributed by atoms with E-state index in [0.29, 0.717) is 0 Å². The molecule has 0 fully saturated rings. The first-order valence-electron chi connectivity index (χ1n) is 9.63. The number of hydrogen-bond donors (Lipinski definition) is 2. The summed E-state index contributed by atoms with van der Waals surface area (Å²) in [5, 5.41) is 6.73. The number of ether oxygens (including phenoxy) is 3. The molecule has 0 atom stereocenters. The van der Waals surface area contributed by atoms with Gasteiger partial charge in [0.1, 0.15) is 17.2 Å². The molecule has 0 bridgehead atoms. The Morgan fingerprint density at radius 1 is 1.03 bits per heavy atom. The van der Waals surface area contributed by atoms with Crippen LogP contribution in [0.1, 0.15) is 16.7 Å². The minimum absolute atomic E-state index is 0. The second kappa shape index (κ2) is 11.7. The first kappa shape index (κ1) is 23.1. The number of guanidine groups is 1. The zero-order valence-electron chi connectivity index (χ0n) is 17.3. The lowest BCUT2D eigenvalue weighted by Crippen LogP contribution is -2.39. The number of benzene rings is 2. The molecule has 2 aromatic rings. The molecular formula is C22H30IN3O3. The Kier molecular flexibility index (Phi) is 9.37. The van der Waals surface area contributed by atoms with Crippen LogP contribution in [0.5, 0.6) is 17.2 Å². The standard InChI is InChI=1S/C22H29N3O3.HI/c1-23-22(24-11-8-16-4-6-21-18(14-16)10-13-28-21)25-12-9-17-15-19(26-2)5-7-20(17)27-3;/h4-7,14-15H,8-13H2,1-3H3,(H2,23,24,25);1H. The number of nitrogens with zero attached hydrogens (tertiary/aromatic N) is 1. The van der Waals surface area contributed by atoms with Crippen LogP contribution in [0.2, 0.25) is 0 Å². The van der Waals surface area contributed by atoms with Crippen molar-refractivity contribution in [2.24, 2.45) is 4.99 Å². The van der Waals surface area contributed by atoms with Gasteiger partial charge >= 0.3 is 0 Å². The summed E-state index contributed by atoms with van der Waals surface area (Å²) in [4.78, 5) is 4.30. The van der Waals surface area contributed by atoms with Gasteiger partial charge in [0.15, 0.2) is 5.96 Å². The monoisotopic (exact) mass is 511 g/mol. The summed E-state index contributed by atoms with van der Waals surface area (Å²) >= 11 is 0. The van der Waals surface area contributed by atoms with Gasteiger partial charge < -0.3 is 24.8 Å². The fourth-order valence-electron chi connectivity index (χ4n) is 3.33. The van der Waals surface area contributed by atoms with Gasteiger partial charge in [0, 0.05) is 26.6 Å². The van der Waals surface area contributed by atoms with Gasteiger partial charge in [-0.25, -0.2) is 0 Å². The van der Waals surface area contributed by atoms with E-state index in [1.807, 2.05) is 18.2 Å². The van der Waals surface area contributed by atoms with Crippen LogP contribution in [0.4, 0.5) is 0 Å².